The molecule has 0 aliphatic heterocycles. The van der Waals surface area contributed by atoms with E-state index in [2.05, 4.69) is 4.72 Å². The second kappa shape index (κ2) is 9.69. The van der Waals surface area contributed by atoms with E-state index in [1.54, 1.807) is 12.1 Å². The zero-order valence-corrected chi connectivity index (χ0v) is 16.2. The van der Waals surface area contributed by atoms with Crippen LogP contribution in [0, 0.1) is 11.8 Å². The molecule has 1 atom stereocenters. The van der Waals surface area contributed by atoms with E-state index < -0.39 is 22.1 Å². The van der Waals surface area contributed by atoms with Crippen molar-refractivity contribution in [2.45, 2.75) is 55.9 Å². The lowest BCUT2D eigenvalue weighted by Crippen LogP contribution is -2.29. The number of nitrogens with one attached hydrogen (secondary N) is 1. The fraction of sp³-hybridized carbons (Fsp3) is 0.611. The van der Waals surface area contributed by atoms with Gasteiger partial charge in [-0.05, 0) is 61.8 Å². The van der Waals surface area contributed by atoms with Crippen molar-refractivity contribution in [1.29, 1.82) is 0 Å². The average Bonchev–Trinajstić information content (AvgIpc) is 2.60. The van der Waals surface area contributed by atoms with Crippen LogP contribution in [0.5, 0.6) is 0 Å². The number of sulfonamides is 1. The van der Waals surface area contributed by atoms with Gasteiger partial charge in [-0.15, -0.1) is 0 Å². The van der Waals surface area contributed by atoms with E-state index in [1.165, 1.54) is 12.1 Å². The van der Waals surface area contributed by atoms with Gasteiger partial charge < -0.3 is 10.2 Å². The molecule has 2 rings (SSSR count). The Balaban J connectivity index is 1.71. The van der Waals surface area contributed by atoms with E-state index in [0.717, 1.165) is 32.1 Å². The fourth-order valence-corrected chi connectivity index (χ4v) is 4.64. The van der Waals surface area contributed by atoms with Gasteiger partial charge in [0.15, 0.2) is 0 Å². The largest absolute Gasteiger partial charge is 0.481 e. The first-order valence-electron chi connectivity index (χ1n) is 8.93. The number of carboxylic acids is 1. The Morgan fingerprint density at radius 2 is 1.81 bits per heavy atom. The highest BCUT2D eigenvalue weighted by Crippen LogP contribution is 2.33. The maximum atomic E-state index is 12.2. The monoisotopic (exact) mass is 403 g/mol. The fourth-order valence-electron chi connectivity index (χ4n) is 3.46. The molecule has 1 unspecified atom stereocenters. The van der Waals surface area contributed by atoms with E-state index in [1.807, 2.05) is 0 Å². The molecule has 0 radical (unpaired) electrons. The molecular formula is C18H26ClNO5S. The van der Waals surface area contributed by atoms with Gasteiger partial charge in [-0.1, -0.05) is 24.4 Å². The Morgan fingerprint density at radius 1 is 1.19 bits per heavy atom. The van der Waals surface area contributed by atoms with Crippen LogP contribution >= 0.6 is 11.6 Å². The van der Waals surface area contributed by atoms with Gasteiger partial charge in [-0.25, -0.2) is 13.1 Å². The molecule has 0 spiro atoms. The second-order valence-corrected chi connectivity index (χ2v) is 9.12. The van der Waals surface area contributed by atoms with Gasteiger partial charge in [0.25, 0.3) is 0 Å². The summed E-state index contributed by atoms with van der Waals surface area (Å²) in [6.45, 7) is 0.377. The Hall–Kier alpha value is -1.15. The van der Waals surface area contributed by atoms with Crippen molar-refractivity contribution in [2.24, 2.45) is 11.8 Å². The first kappa shape index (κ1) is 21.2. The third kappa shape index (κ3) is 6.54. The van der Waals surface area contributed by atoms with Gasteiger partial charge in [0.1, 0.15) is 0 Å². The molecule has 8 heteroatoms. The summed E-state index contributed by atoms with van der Waals surface area (Å²) < 4.78 is 27.1. The molecule has 1 aromatic carbocycles. The lowest BCUT2D eigenvalue weighted by atomic mass is 9.77. The normalized spacial score (nSPS) is 22.1. The zero-order chi connectivity index (χ0) is 19.2. The number of aliphatic hydroxyl groups is 1. The van der Waals surface area contributed by atoms with Crippen LogP contribution in [0.1, 0.15) is 44.9 Å². The quantitative estimate of drug-likeness (QED) is 0.587. The summed E-state index contributed by atoms with van der Waals surface area (Å²) in [6, 6.07) is 6.06. The van der Waals surface area contributed by atoms with Crippen LogP contribution in [0.15, 0.2) is 29.2 Å². The Kier molecular flexibility index (Phi) is 7.88. The van der Waals surface area contributed by atoms with Gasteiger partial charge in [0.2, 0.25) is 10.0 Å². The topological polar surface area (TPSA) is 104 Å². The molecular weight excluding hydrogens is 378 g/mol. The molecule has 1 fully saturated rings. The average molecular weight is 404 g/mol. The van der Waals surface area contributed by atoms with Crippen molar-refractivity contribution >= 4 is 27.6 Å². The summed E-state index contributed by atoms with van der Waals surface area (Å²) >= 11 is 5.77. The molecule has 0 amide bonds. The van der Waals surface area contributed by atoms with E-state index in [4.69, 9.17) is 16.7 Å². The number of halogens is 1. The van der Waals surface area contributed by atoms with Crippen LogP contribution in [0.2, 0.25) is 5.02 Å². The molecule has 6 nitrogen and oxygen atoms in total. The summed E-state index contributed by atoms with van der Waals surface area (Å²) in [7, 11) is -3.52. The van der Waals surface area contributed by atoms with Crippen LogP contribution in [0.4, 0.5) is 0 Å². The van der Waals surface area contributed by atoms with E-state index in [0.29, 0.717) is 23.9 Å². The molecule has 1 aliphatic rings. The third-order valence-corrected chi connectivity index (χ3v) is 6.79. The number of carbonyl (C=O) groups is 1. The van der Waals surface area contributed by atoms with Crippen molar-refractivity contribution in [3.63, 3.8) is 0 Å². The molecule has 1 aromatic rings. The number of aliphatic carboxylic acids is 1. The lowest BCUT2D eigenvalue weighted by molar-refractivity contribution is -0.137. The number of aliphatic hydroxyl groups excluding tert-OH is 1. The minimum atomic E-state index is -3.52. The highest BCUT2D eigenvalue weighted by molar-refractivity contribution is 7.89. The third-order valence-electron chi connectivity index (χ3n) is 5.06. The van der Waals surface area contributed by atoms with Crippen molar-refractivity contribution in [1.82, 2.24) is 4.72 Å². The van der Waals surface area contributed by atoms with E-state index in [-0.39, 0.29) is 17.2 Å². The Labute approximate surface area is 159 Å². The Bertz CT molecular complexity index is 684. The van der Waals surface area contributed by atoms with Crippen LogP contribution in [0.25, 0.3) is 0 Å². The summed E-state index contributed by atoms with van der Waals surface area (Å²) in [5.74, 6) is -0.312. The van der Waals surface area contributed by atoms with Crippen LogP contribution in [-0.2, 0) is 14.8 Å². The number of hydrogen-bond donors (Lipinski definition) is 3. The van der Waals surface area contributed by atoms with Crippen LogP contribution in [0.3, 0.4) is 0 Å². The maximum absolute atomic E-state index is 12.2. The van der Waals surface area contributed by atoms with Gasteiger partial charge in [-0.3, -0.25) is 4.79 Å². The molecule has 1 saturated carbocycles. The number of carboxylic acid groups (broad SMARTS) is 1. The van der Waals surface area contributed by atoms with Gasteiger partial charge >= 0.3 is 5.97 Å². The summed E-state index contributed by atoms with van der Waals surface area (Å²) in [4.78, 5) is 10.8. The van der Waals surface area contributed by atoms with Crippen LogP contribution in [-0.4, -0.2) is 37.2 Å². The number of rotatable bonds is 9. The second-order valence-electron chi connectivity index (χ2n) is 6.92. The summed E-state index contributed by atoms with van der Waals surface area (Å²) in [6.07, 6.45) is 4.05. The first-order valence-corrected chi connectivity index (χ1v) is 10.8. The summed E-state index contributed by atoms with van der Waals surface area (Å²) in [5, 5.41) is 19.3. The van der Waals surface area contributed by atoms with Crippen molar-refractivity contribution < 1.29 is 23.4 Å². The smallest absolute Gasteiger partial charge is 0.303 e. The summed E-state index contributed by atoms with van der Waals surface area (Å²) in [5.41, 5.74) is 0. The molecule has 3 N–H and O–H groups in total. The highest BCUT2D eigenvalue weighted by atomic mass is 35.5. The predicted molar refractivity (Wildman–Crippen MR) is 99.6 cm³/mol. The molecule has 0 bridgehead atoms. The Morgan fingerprint density at radius 3 is 2.38 bits per heavy atom. The number of hydrogen-bond acceptors (Lipinski definition) is 4. The van der Waals surface area contributed by atoms with E-state index in [9.17, 15) is 18.3 Å². The van der Waals surface area contributed by atoms with Gasteiger partial charge in [-0.2, -0.15) is 0 Å². The molecule has 26 heavy (non-hydrogen) atoms. The van der Waals surface area contributed by atoms with Gasteiger partial charge in [0.05, 0.1) is 11.0 Å². The first-order chi connectivity index (χ1) is 12.3. The SMILES string of the molecule is O=C(O)CCC(O)C1CCC(CCNS(=O)(=O)c2ccc(Cl)cc2)CC1. The minimum absolute atomic E-state index is 0.00638. The minimum Gasteiger partial charge on any atom is -0.481 e. The molecule has 0 heterocycles. The maximum Gasteiger partial charge on any atom is 0.303 e. The highest BCUT2D eigenvalue weighted by Gasteiger charge is 2.26. The van der Waals surface area contributed by atoms with E-state index >= 15 is 0 Å². The standard InChI is InChI=1S/C18H26ClNO5S/c19-15-5-7-16(8-6-15)26(24,25)20-12-11-13-1-3-14(4-2-13)17(21)9-10-18(22)23/h5-8,13-14,17,20-21H,1-4,9-12H2,(H,22,23). The van der Waals surface area contributed by atoms with Crippen molar-refractivity contribution in [3.05, 3.63) is 29.3 Å². The van der Waals surface area contributed by atoms with Crippen LogP contribution < -0.4 is 4.72 Å². The van der Waals surface area contributed by atoms with Gasteiger partial charge in [0, 0.05) is 18.0 Å². The lowest BCUT2D eigenvalue weighted by Gasteiger charge is -2.31. The number of benzene rings is 1. The molecule has 1 aliphatic carbocycles. The van der Waals surface area contributed by atoms with Crippen molar-refractivity contribution in [2.75, 3.05) is 6.54 Å². The molecule has 0 aromatic heterocycles. The zero-order valence-electron chi connectivity index (χ0n) is 14.6. The molecule has 146 valence electrons. The predicted octanol–water partition coefficient (Wildman–Crippen LogP) is 3.04. The molecule has 0 saturated heterocycles. The van der Waals surface area contributed by atoms with Crippen molar-refractivity contribution in [3.8, 4) is 0 Å².